The molecule has 0 spiro atoms. The fourth-order valence-electron chi connectivity index (χ4n) is 4.84. The molecule has 0 N–H and O–H groups in total. The van der Waals surface area contributed by atoms with E-state index in [-0.39, 0.29) is 11.9 Å². The molecule has 2 saturated heterocycles. The predicted octanol–water partition coefficient (Wildman–Crippen LogP) is 2.91. The van der Waals surface area contributed by atoms with Crippen molar-refractivity contribution < 1.29 is 14.3 Å². The molecule has 0 saturated carbocycles. The minimum atomic E-state index is 0.0466. The third-order valence-electron chi connectivity index (χ3n) is 6.46. The summed E-state index contributed by atoms with van der Waals surface area (Å²) in [5.74, 6) is 0.836. The molecule has 0 bridgehead atoms. The maximum absolute atomic E-state index is 13.4. The van der Waals surface area contributed by atoms with Crippen LogP contribution in [0.3, 0.4) is 0 Å². The lowest BCUT2D eigenvalue weighted by atomic mass is 10.0. The van der Waals surface area contributed by atoms with E-state index in [1.807, 2.05) is 4.90 Å². The number of hydrogen-bond donors (Lipinski definition) is 0. The number of carbonyl (C=O) groups excluding carboxylic acids is 1. The molecule has 1 amide bonds. The predicted molar refractivity (Wildman–Crippen MR) is 121 cm³/mol. The van der Waals surface area contributed by atoms with Gasteiger partial charge in [-0.2, -0.15) is 5.10 Å². The maximum atomic E-state index is 13.4. The lowest BCUT2D eigenvalue weighted by Gasteiger charge is -2.34. The zero-order chi connectivity index (χ0) is 21.2. The first kappa shape index (κ1) is 21.0. The van der Waals surface area contributed by atoms with Crippen LogP contribution in [-0.4, -0.2) is 85.1 Å². The van der Waals surface area contributed by atoms with Gasteiger partial charge in [0.15, 0.2) is 5.69 Å². The van der Waals surface area contributed by atoms with Gasteiger partial charge < -0.3 is 14.4 Å². The number of morpholine rings is 1. The number of hydrogen-bond acceptors (Lipinski definition) is 6. The van der Waals surface area contributed by atoms with E-state index in [1.54, 1.807) is 18.9 Å². The molecule has 3 aliphatic heterocycles. The summed E-state index contributed by atoms with van der Waals surface area (Å²) in [7, 11) is 1.75. The third kappa shape index (κ3) is 4.14. The molecule has 1 atom stereocenters. The second kappa shape index (κ2) is 9.32. The summed E-state index contributed by atoms with van der Waals surface area (Å²) >= 11 is 1.81. The van der Waals surface area contributed by atoms with E-state index in [0.29, 0.717) is 32.0 Å². The van der Waals surface area contributed by atoms with Crippen LogP contribution in [0.1, 0.15) is 34.9 Å². The van der Waals surface area contributed by atoms with E-state index in [1.165, 1.54) is 10.5 Å². The Bertz CT molecular complexity index is 941. The van der Waals surface area contributed by atoms with E-state index in [9.17, 15) is 4.79 Å². The largest absolute Gasteiger partial charge is 0.383 e. The number of carbonyl (C=O) groups is 1. The molecule has 31 heavy (non-hydrogen) atoms. The summed E-state index contributed by atoms with van der Waals surface area (Å²) in [6.45, 7) is 6.18. The highest BCUT2D eigenvalue weighted by molar-refractivity contribution is 7.98. The van der Waals surface area contributed by atoms with E-state index in [0.717, 1.165) is 56.1 Å². The minimum absolute atomic E-state index is 0.0466. The van der Waals surface area contributed by atoms with Crippen LogP contribution in [0.25, 0.3) is 11.3 Å². The van der Waals surface area contributed by atoms with Gasteiger partial charge in [0.1, 0.15) is 0 Å². The van der Waals surface area contributed by atoms with Crippen LogP contribution in [0.2, 0.25) is 0 Å². The van der Waals surface area contributed by atoms with Crippen molar-refractivity contribution in [1.29, 1.82) is 0 Å². The molecule has 5 rings (SSSR count). The van der Waals surface area contributed by atoms with Gasteiger partial charge in [0.2, 0.25) is 0 Å². The van der Waals surface area contributed by atoms with Crippen molar-refractivity contribution in [3.05, 3.63) is 35.5 Å². The van der Waals surface area contributed by atoms with E-state index < -0.39 is 0 Å². The van der Waals surface area contributed by atoms with Gasteiger partial charge in [-0.1, -0.05) is 18.2 Å². The van der Waals surface area contributed by atoms with Gasteiger partial charge in [-0.15, -0.1) is 11.8 Å². The van der Waals surface area contributed by atoms with E-state index in [4.69, 9.17) is 14.6 Å². The number of rotatable bonds is 5. The molecule has 1 aromatic heterocycles. The van der Waals surface area contributed by atoms with Crippen molar-refractivity contribution in [3.63, 3.8) is 0 Å². The van der Waals surface area contributed by atoms with Gasteiger partial charge in [0.05, 0.1) is 31.6 Å². The van der Waals surface area contributed by atoms with Gasteiger partial charge in [-0.05, 0) is 25.5 Å². The SMILES string of the molecule is COCCN1CCCC(n2nc(C(=O)N3CCOCC3)c3c2-c2ccccc2SC3)C1. The molecule has 166 valence electrons. The van der Waals surface area contributed by atoms with Gasteiger partial charge in [0, 0.05) is 55.1 Å². The molecule has 0 aliphatic carbocycles. The summed E-state index contributed by atoms with van der Waals surface area (Å²) in [6, 6.07) is 8.79. The molecule has 4 heterocycles. The summed E-state index contributed by atoms with van der Waals surface area (Å²) in [5, 5.41) is 5.02. The van der Waals surface area contributed by atoms with Gasteiger partial charge in [-0.25, -0.2) is 0 Å². The molecule has 8 heteroatoms. The Morgan fingerprint density at radius 2 is 2.10 bits per heavy atom. The first-order valence-corrected chi connectivity index (χ1v) is 12.2. The standard InChI is InChI=1S/C23H30N4O3S/c1-29-12-9-25-8-4-5-17(15-25)27-22-18-6-2-3-7-20(18)31-16-19(22)21(24-27)23(28)26-10-13-30-14-11-26/h2-3,6-7,17H,4-5,8-16H2,1H3. The number of methoxy groups -OCH3 is 1. The van der Waals surface area contributed by atoms with Crippen molar-refractivity contribution in [2.75, 3.05) is 59.7 Å². The zero-order valence-corrected chi connectivity index (χ0v) is 18.9. The van der Waals surface area contributed by atoms with Crippen molar-refractivity contribution >= 4 is 17.7 Å². The Balaban J connectivity index is 1.53. The summed E-state index contributed by atoms with van der Waals surface area (Å²) < 4.78 is 12.9. The van der Waals surface area contributed by atoms with Gasteiger partial charge in [0.25, 0.3) is 5.91 Å². The Labute approximate surface area is 187 Å². The van der Waals surface area contributed by atoms with Crippen molar-refractivity contribution in [1.82, 2.24) is 19.6 Å². The Morgan fingerprint density at radius 3 is 2.94 bits per heavy atom. The number of likely N-dealkylation sites (tertiary alicyclic amines) is 1. The van der Waals surface area contributed by atoms with Crippen LogP contribution in [-0.2, 0) is 15.2 Å². The number of piperidine rings is 1. The van der Waals surface area contributed by atoms with Gasteiger partial charge in [-0.3, -0.25) is 14.4 Å². The van der Waals surface area contributed by atoms with Crippen LogP contribution in [0, 0.1) is 0 Å². The summed E-state index contributed by atoms with van der Waals surface area (Å²) in [6.07, 6.45) is 2.21. The smallest absolute Gasteiger partial charge is 0.274 e. The molecule has 7 nitrogen and oxygen atoms in total. The number of ether oxygens (including phenoxy) is 2. The Kier molecular flexibility index (Phi) is 6.31. The van der Waals surface area contributed by atoms with Crippen molar-refractivity contribution in [3.8, 4) is 11.3 Å². The number of amides is 1. The molecule has 0 radical (unpaired) electrons. The average Bonchev–Trinajstić information content (AvgIpc) is 3.23. The fourth-order valence-corrected chi connectivity index (χ4v) is 5.90. The average molecular weight is 443 g/mol. The Morgan fingerprint density at radius 1 is 1.26 bits per heavy atom. The molecule has 3 aliphatic rings. The van der Waals surface area contributed by atoms with Crippen molar-refractivity contribution in [2.24, 2.45) is 0 Å². The third-order valence-corrected chi connectivity index (χ3v) is 7.56. The molecular weight excluding hydrogens is 412 g/mol. The second-order valence-electron chi connectivity index (χ2n) is 8.40. The first-order chi connectivity index (χ1) is 15.3. The first-order valence-electron chi connectivity index (χ1n) is 11.2. The molecule has 2 fully saturated rings. The summed E-state index contributed by atoms with van der Waals surface area (Å²) in [5.41, 5.74) is 4.07. The van der Waals surface area contributed by atoms with Crippen LogP contribution >= 0.6 is 11.8 Å². The lowest BCUT2D eigenvalue weighted by Crippen LogP contribution is -2.41. The Hall–Kier alpha value is -1.87. The summed E-state index contributed by atoms with van der Waals surface area (Å²) in [4.78, 5) is 19.1. The minimum Gasteiger partial charge on any atom is -0.383 e. The molecule has 2 aromatic rings. The monoisotopic (exact) mass is 442 g/mol. The molecule has 1 aromatic carbocycles. The number of nitrogens with zero attached hydrogens (tertiary/aromatic N) is 4. The normalized spacial score (nSPS) is 21.6. The number of thioether (sulfide) groups is 1. The highest BCUT2D eigenvalue weighted by Gasteiger charge is 2.34. The number of aromatic nitrogens is 2. The highest BCUT2D eigenvalue weighted by atomic mass is 32.2. The molecular formula is C23H30N4O3S. The zero-order valence-electron chi connectivity index (χ0n) is 18.1. The quantitative estimate of drug-likeness (QED) is 0.710. The van der Waals surface area contributed by atoms with E-state index >= 15 is 0 Å². The second-order valence-corrected chi connectivity index (χ2v) is 9.42. The highest BCUT2D eigenvalue weighted by Crippen LogP contribution is 2.44. The van der Waals surface area contributed by atoms with Crippen LogP contribution in [0.5, 0.6) is 0 Å². The van der Waals surface area contributed by atoms with E-state index in [2.05, 4.69) is 33.8 Å². The fraction of sp³-hybridized carbons (Fsp3) is 0.565. The van der Waals surface area contributed by atoms with Crippen LogP contribution < -0.4 is 0 Å². The van der Waals surface area contributed by atoms with Crippen LogP contribution in [0.4, 0.5) is 0 Å². The maximum Gasteiger partial charge on any atom is 0.274 e. The molecule has 1 unspecified atom stereocenters. The number of fused-ring (bicyclic) bond motifs is 3. The van der Waals surface area contributed by atoms with Crippen LogP contribution in [0.15, 0.2) is 29.2 Å². The van der Waals surface area contributed by atoms with Gasteiger partial charge >= 0.3 is 0 Å². The lowest BCUT2D eigenvalue weighted by molar-refractivity contribution is 0.0297. The number of benzene rings is 1. The van der Waals surface area contributed by atoms with Crippen molar-refractivity contribution in [2.45, 2.75) is 29.5 Å². The topological polar surface area (TPSA) is 59.8 Å².